The predicted octanol–water partition coefficient (Wildman–Crippen LogP) is 4.04. The SMILES string of the molecule is C=C1/C=C\C(C)/C=C\CCCN(C)C1.CC. The first-order valence-corrected chi connectivity index (χ1v) is 6.39. The summed E-state index contributed by atoms with van der Waals surface area (Å²) in [6.45, 7) is 12.4. The Morgan fingerprint density at radius 3 is 2.69 bits per heavy atom. The minimum absolute atomic E-state index is 0.537. The molecule has 0 aromatic rings. The fraction of sp³-hybridized carbons (Fsp3) is 0.600. The van der Waals surface area contributed by atoms with Crippen LogP contribution < -0.4 is 0 Å². The summed E-state index contributed by atoms with van der Waals surface area (Å²) in [4.78, 5) is 2.33. The van der Waals surface area contributed by atoms with Crippen molar-refractivity contribution in [1.29, 1.82) is 0 Å². The highest BCUT2D eigenvalue weighted by molar-refractivity contribution is 5.18. The number of nitrogens with zero attached hydrogens (tertiary/aromatic N) is 1. The summed E-state index contributed by atoms with van der Waals surface area (Å²) in [7, 11) is 2.16. The van der Waals surface area contributed by atoms with Crippen LogP contribution in [0.15, 0.2) is 36.5 Å². The average Bonchev–Trinajstić information content (AvgIpc) is 2.30. The van der Waals surface area contributed by atoms with Gasteiger partial charge in [0.1, 0.15) is 0 Å². The van der Waals surface area contributed by atoms with E-state index in [0.717, 1.165) is 13.1 Å². The van der Waals surface area contributed by atoms with Gasteiger partial charge in [0.15, 0.2) is 0 Å². The third kappa shape index (κ3) is 7.47. The molecule has 1 aliphatic heterocycles. The molecule has 1 aliphatic rings. The Kier molecular flexibility index (Phi) is 8.93. The van der Waals surface area contributed by atoms with Crippen LogP contribution in [0.4, 0.5) is 0 Å². The van der Waals surface area contributed by atoms with Crippen molar-refractivity contribution in [2.45, 2.75) is 33.6 Å². The van der Waals surface area contributed by atoms with Crippen molar-refractivity contribution < 1.29 is 0 Å². The van der Waals surface area contributed by atoms with Crippen molar-refractivity contribution in [3.63, 3.8) is 0 Å². The smallest absolute Gasteiger partial charge is 0.0224 e. The van der Waals surface area contributed by atoms with Crippen molar-refractivity contribution >= 4 is 0 Å². The Bertz CT molecular complexity index is 238. The Hall–Kier alpha value is -0.820. The highest BCUT2D eigenvalue weighted by Crippen LogP contribution is 2.07. The van der Waals surface area contributed by atoms with Crippen LogP contribution in [0, 0.1) is 5.92 Å². The summed E-state index contributed by atoms with van der Waals surface area (Å²) >= 11 is 0. The third-order valence-electron chi connectivity index (χ3n) is 2.46. The van der Waals surface area contributed by atoms with Crippen LogP contribution in [0.1, 0.15) is 33.6 Å². The number of hydrogen-bond acceptors (Lipinski definition) is 1. The van der Waals surface area contributed by atoms with Gasteiger partial charge in [0.05, 0.1) is 0 Å². The maximum Gasteiger partial charge on any atom is 0.0224 e. The second kappa shape index (κ2) is 9.41. The summed E-state index contributed by atoms with van der Waals surface area (Å²) in [5.41, 5.74) is 1.20. The molecule has 0 spiro atoms. The summed E-state index contributed by atoms with van der Waals surface area (Å²) in [5, 5.41) is 0. The van der Waals surface area contributed by atoms with Gasteiger partial charge in [-0.1, -0.05) is 51.7 Å². The molecule has 0 radical (unpaired) electrons. The quantitative estimate of drug-likeness (QED) is 0.558. The van der Waals surface area contributed by atoms with Gasteiger partial charge in [-0.25, -0.2) is 0 Å². The van der Waals surface area contributed by atoms with Gasteiger partial charge < -0.3 is 4.90 Å². The summed E-state index contributed by atoms with van der Waals surface area (Å²) in [6.07, 6.45) is 11.4. The summed E-state index contributed by atoms with van der Waals surface area (Å²) in [6, 6.07) is 0. The van der Waals surface area contributed by atoms with Crippen LogP contribution in [-0.4, -0.2) is 25.0 Å². The minimum Gasteiger partial charge on any atom is -0.302 e. The Morgan fingerprint density at radius 1 is 1.31 bits per heavy atom. The first-order chi connectivity index (χ1) is 7.68. The van der Waals surface area contributed by atoms with Crippen molar-refractivity contribution in [3.8, 4) is 0 Å². The molecule has 1 nitrogen and oxygen atoms in total. The highest BCUT2D eigenvalue weighted by Gasteiger charge is 2.00. The van der Waals surface area contributed by atoms with E-state index in [0.29, 0.717) is 5.92 Å². The average molecular weight is 221 g/mol. The molecule has 0 N–H and O–H groups in total. The standard InChI is InChI=1S/C13H21N.C2H6/c1-12-7-5-4-6-10-14(3)11-13(2)9-8-12;1-2/h5,7-9,12H,2,4,6,10-11H2,1,3H3;1-2H3/b7-5-,9-8-;. The molecule has 0 aliphatic carbocycles. The second-order valence-electron chi connectivity index (χ2n) is 4.18. The molecule has 0 aromatic heterocycles. The van der Waals surface area contributed by atoms with E-state index in [1.54, 1.807) is 0 Å². The zero-order valence-corrected chi connectivity index (χ0v) is 11.4. The monoisotopic (exact) mass is 221 g/mol. The lowest BCUT2D eigenvalue weighted by atomic mass is 10.1. The predicted molar refractivity (Wildman–Crippen MR) is 74.7 cm³/mol. The van der Waals surface area contributed by atoms with Gasteiger partial charge in [0.25, 0.3) is 0 Å². The maximum atomic E-state index is 4.05. The Morgan fingerprint density at radius 2 is 2.00 bits per heavy atom. The van der Waals surface area contributed by atoms with Crippen molar-refractivity contribution in [1.82, 2.24) is 4.90 Å². The van der Waals surface area contributed by atoms with Crippen LogP contribution in [-0.2, 0) is 0 Å². The van der Waals surface area contributed by atoms with Gasteiger partial charge in [-0.15, -0.1) is 0 Å². The molecular weight excluding hydrogens is 194 g/mol. The minimum atomic E-state index is 0.537. The van der Waals surface area contributed by atoms with Gasteiger partial charge >= 0.3 is 0 Å². The van der Waals surface area contributed by atoms with Gasteiger partial charge in [-0.2, -0.15) is 0 Å². The van der Waals surface area contributed by atoms with Crippen LogP contribution >= 0.6 is 0 Å². The van der Waals surface area contributed by atoms with Crippen molar-refractivity contribution in [2.24, 2.45) is 5.92 Å². The lowest BCUT2D eigenvalue weighted by molar-refractivity contribution is 0.360. The Labute approximate surface area is 102 Å². The molecule has 92 valence electrons. The highest BCUT2D eigenvalue weighted by atomic mass is 15.1. The number of rotatable bonds is 0. The molecule has 0 bridgehead atoms. The van der Waals surface area contributed by atoms with Crippen LogP contribution in [0.5, 0.6) is 0 Å². The van der Waals surface area contributed by atoms with E-state index >= 15 is 0 Å². The van der Waals surface area contributed by atoms with Crippen molar-refractivity contribution in [2.75, 3.05) is 20.1 Å². The van der Waals surface area contributed by atoms with E-state index in [9.17, 15) is 0 Å². The van der Waals surface area contributed by atoms with Crippen LogP contribution in [0.25, 0.3) is 0 Å². The van der Waals surface area contributed by atoms with Gasteiger partial charge in [-0.05, 0) is 37.9 Å². The largest absolute Gasteiger partial charge is 0.302 e. The van der Waals surface area contributed by atoms with Crippen LogP contribution in [0.2, 0.25) is 0 Å². The van der Waals surface area contributed by atoms with Gasteiger partial charge in [0.2, 0.25) is 0 Å². The van der Waals surface area contributed by atoms with E-state index in [1.165, 1.54) is 18.4 Å². The van der Waals surface area contributed by atoms with Gasteiger partial charge in [0, 0.05) is 6.54 Å². The molecule has 1 atom stereocenters. The first kappa shape index (κ1) is 15.2. The molecule has 16 heavy (non-hydrogen) atoms. The van der Waals surface area contributed by atoms with Crippen LogP contribution in [0.3, 0.4) is 0 Å². The topological polar surface area (TPSA) is 3.24 Å². The summed E-state index contributed by atoms with van der Waals surface area (Å²) < 4.78 is 0. The van der Waals surface area contributed by atoms with E-state index in [4.69, 9.17) is 0 Å². The fourth-order valence-corrected chi connectivity index (χ4v) is 1.62. The Balaban J connectivity index is 0.00000106. The molecule has 0 saturated heterocycles. The lowest BCUT2D eigenvalue weighted by Crippen LogP contribution is -2.21. The third-order valence-corrected chi connectivity index (χ3v) is 2.46. The molecule has 0 aromatic carbocycles. The summed E-state index contributed by atoms with van der Waals surface area (Å²) in [5.74, 6) is 0.537. The lowest BCUT2D eigenvalue weighted by Gasteiger charge is -2.15. The molecule has 1 heterocycles. The van der Waals surface area contributed by atoms with E-state index in [2.05, 4.69) is 49.8 Å². The molecule has 0 fully saturated rings. The molecule has 0 saturated carbocycles. The number of likely N-dealkylation sites (N-methyl/N-ethyl adjacent to an activating group) is 1. The fourth-order valence-electron chi connectivity index (χ4n) is 1.62. The number of hydrogen-bond donors (Lipinski definition) is 0. The van der Waals surface area contributed by atoms with E-state index in [-0.39, 0.29) is 0 Å². The molecule has 0 amide bonds. The van der Waals surface area contributed by atoms with E-state index in [1.807, 2.05) is 13.8 Å². The van der Waals surface area contributed by atoms with Gasteiger partial charge in [-0.3, -0.25) is 0 Å². The zero-order valence-electron chi connectivity index (χ0n) is 11.4. The molecular formula is C15H27N. The molecule has 1 rings (SSSR count). The second-order valence-corrected chi connectivity index (χ2v) is 4.18. The first-order valence-electron chi connectivity index (χ1n) is 6.39. The zero-order chi connectivity index (χ0) is 12.4. The molecule has 1 unspecified atom stereocenters. The van der Waals surface area contributed by atoms with E-state index < -0.39 is 0 Å². The van der Waals surface area contributed by atoms with Crippen molar-refractivity contribution in [3.05, 3.63) is 36.5 Å². The number of allylic oxidation sites excluding steroid dienone is 3. The molecule has 1 heteroatoms. The maximum absolute atomic E-state index is 4.05. The normalized spacial score (nSPS) is 27.2.